The van der Waals surface area contributed by atoms with Crippen molar-refractivity contribution in [3.8, 4) is 0 Å². The van der Waals surface area contributed by atoms with Crippen molar-refractivity contribution in [3.63, 3.8) is 0 Å². The Morgan fingerprint density at radius 3 is 1.50 bits per heavy atom. The van der Waals surface area contributed by atoms with Gasteiger partial charge in [-0.1, -0.05) is 0 Å². The Morgan fingerprint density at radius 1 is 1.50 bits per heavy atom. The third-order valence-electron chi connectivity index (χ3n) is 0. The van der Waals surface area contributed by atoms with Gasteiger partial charge in [0.25, 0.3) is 10.1 Å². The van der Waals surface area contributed by atoms with Crippen LogP contribution in [0.15, 0.2) is 0 Å². The third-order valence-corrected chi connectivity index (χ3v) is 0. The van der Waals surface area contributed by atoms with Crippen molar-refractivity contribution < 1.29 is 33.1 Å². The van der Waals surface area contributed by atoms with Gasteiger partial charge in [0.2, 0.25) is 0 Å². The molecule has 41 valence electrons. The van der Waals surface area contributed by atoms with E-state index in [0.29, 0.717) is 6.26 Å². The van der Waals surface area contributed by atoms with Gasteiger partial charge in [-0.15, -0.1) is 0 Å². The molecule has 0 spiro atoms. The second kappa shape index (κ2) is 2.69. The van der Waals surface area contributed by atoms with Crippen LogP contribution in [0.2, 0.25) is 0 Å². The predicted molar refractivity (Wildman–Crippen MR) is 17.5 cm³/mol. The Balaban J connectivity index is 0. The summed E-state index contributed by atoms with van der Waals surface area (Å²) in [6.45, 7) is 0. The predicted octanol–water partition coefficient (Wildman–Crippen LogP) is -0.498. The zero-order chi connectivity index (χ0) is 4.50. The first kappa shape index (κ1) is 9.75. The van der Waals surface area contributed by atoms with Crippen molar-refractivity contribution in [2.45, 2.75) is 0 Å². The fourth-order valence-corrected chi connectivity index (χ4v) is 0. The second-order valence-electron chi connectivity index (χ2n) is 0.733. The van der Waals surface area contributed by atoms with E-state index >= 15 is 0 Å². The van der Waals surface area contributed by atoms with Crippen molar-refractivity contribution >= 4 is 10.1 Å². The van der Waals surface area contributed by atoms with Crippen molar-refractivity contribution in [2.24, 2.45) is 0 Å². The molecule has 0 bridgehead atoms. The summed E-state index contributed by atoms with van der Waals surface area (Å²) in [6, 6.07) is 0. The first-order valence-electron chi connectivity index (χ1n) is 0.924. The van der Waals surface area contributed by atoms with E-state index in [1.54, 1.807) is 0 Å². The van der Waals surface area contributed by atoms with E-state index < -0.39 is 10.1 Å². The Labute approximate surface area is 49.8 Å². The molecule has 0 aliphatic rings. The number of hydrogen-bond acceptors (Lipinski definition) is 2. The molecule has 5 heteroatoms. The van der Waals surface area contributed by atoms with Gasteiger partial charge < -0.3 is 0 Å². The van der Waals surface area contributed by atoms with E-state index in [1.807, 2.05) is 0 Å². The van der Waals surface area contributed by atoms with Crippen LogP contribution >= 0.6 is 0 Å². The maximum Gasteiger partial charge on any atom is 0.261 e. The summed E-state index contributed by atoms with van der Waals surface area (Å²) in [7, 11) is -3.67. The maximum atomic E-state index is 9.19. The zero-order valence-electron chi connectivity index (χ0n) is 3.01. The molecule has 0 saturated heterocycles. The van der Waals surface area contributed by atoms with Crippen molar-refractivity contribution in [3.05, 3.63) is 0 Å². The summed E-state index contributed by atoms with van der Waals surface area (Å²) in [5.74, 6) is 0. The van der Waals surface area contributed by atoms with E-state index in [9.17, 15) is 8.42 Å². The Kier molecular flexibility index (Phi) is 4.37. The van der Waals surface area contributed by atoms with Gasteiger partial charge in [-0.3, -0.25) is 4.55 Å². The molecule has 1 N–H and O–H groups in total. The molecule has 0 saturated carbocycles. The normalized spacial score (nSPS) is 9.67. The average molecular weight is 288 g/mol. The molecule has 0 atom stereocenters. The van der Waals surface area contributed by atoms with Crippen LogP contribution in [0.4, 0.5) is 0 Å². The van der Waals surface area contributed by atoms with E-state index in [4.69, 9.17) is 4.55 Å². The van der Waals surface area contributed by atoms with E-state index in [2.05, 4.69) is 0 Å². The maximum absolute atomic E-state index is 9.19. The molecule has 0 fully saturated rings. The number of hydrogen-bond donors (Lipinski definition) is 1. The van der Waals surface area contributed by atoms with Crippen LogP contribution in [0, 0.1) is 0 Å². The molecular weight excluding hydrogens is 284 g/mol. The van der Waals surface area contributed by atoms with Crippen LogP contribution < -0.4 is 0 Å². The summed E-state index contributed by atoms with van der Waals surface area (Å²) in [4.78, 5) is 0. The first-order chi connectivity index (χ1) is 2.00. The van der Waals surface area contributed by atoms with Gasteiger partial charge in [0, 0.05) is 20.1 Å². The first-order valence-corrected chi connectivity index (χ1v) is 2.77. The summed E-state index contributed by atoms with van der Waals surface area (Å²) >= 11 is 0. The smallest absolute Gasteiger partial charge is 0.261 e. The monoisotopic (exact) mass is 289 g/mol. The van der Waals surface area contributed by atoms with Crippen molar-refractivity contribution in [2.75, 3.05) is 6.26 Å². The second-order valence-corrected chi connectivity index (χ2v) is 2.20. The Bertz CT molecular complexity index is 94.0. The molecule has 0 aliphatic heterocycles. The standard InChI is InChI=1S/CH4O3S.Ir/c1-5(2,3)4;/h1H3,(H,2,3,4);. The SMILES string of the molecule is CS(=O)(=O)O.[Ir]. The fourth-order valence-electron chi connectivity index (χ4n) is 0. The van der Waals surface area contributed by atoms with Gasteiger partial charge >= 0.3 is 0 Å². The van der Waals surface area contributed by atoms with Gasteiger partial charge in [-0.05, 0) is 0 Å². The van der Waals surface area contributed by atoms with E-state index in [1.165, 1.54) is 0 Å². The topological polar surface area (TPSA) is 54.4 Å². The molecule has 0 heterocycles. The average Bonchev–Trinajstić information content (AvgIpc) is 0.722. The van der Waals surface area contributed by atoms with Crippen LogP contribution in [0.1, 0.15) is 0 Å². The van der Waals surface area contributed by atoms with E-state index in [0.717, 1.165) is 0 Å². The molecule has 1 radical (unpaired) electrons. The number of rotatable bonds is 0. The van der Waals surface area contributed by atoms with Crippen LogP contribution in [-0.2, 0) is 30.2 Å². The molecule has 0 aliphatic carbocycles. The van der Waals surface area contributed by atoms with Gasteiger partial charge in [0.15, 0.2) is 0 Å². The van der Waals surface area contributed by atoms with Gasteiger partial charge in [-0.2, -0.15) is 8.42 Å². The van der Waals surface area contributed by atoms with Crippen LogP contribution in [0.5, 0.6) is 0 Å². The van der Waals surface area contributed by atoms with Gasteiger partial charge in [0.05, 0.1) is 6.26 Å². The summed E-state index contributed by atoms with van der Waals surface area (Å²) < 4.78 is 25.9. The molecule has 0 rings (SSSR count). The van der Waals surface area contributed by atoms with Gasteiger partial charge in [0.1, 0.15) is 0 Å². The van der Waals surface area contributed by atoms with Crippen LogP contribution in [-0.4, -0.2) is 19.2 Å². The largest absolute Gasteiger partial charge is 0.286 e. The van der Waals surface area contributed by atoms with E-state index in [-0.39, 0.29) is 20.1 Å². The van der Waals surface area contributed by atoms with Crippen LogP contribution in [0.25, 0.3) is 0 Å². The molecule has 0 aromatic heterocycles. The zero-order valence-corrected chi connectivity index (χ0v) is 6.22. The molecule has 0 amide bonds. The molecule has 3 nitrogen and oxygen atoms in total. The molecular formula is CH4IrO3S. The third kappa shape index (κ3) is 185. The minimum Gasteiger partial charge on any atom is -0.286 e. The Morgan fingerprint density at radius 2 is 1.50 bits per heavy atom. The molecule has 0 aromatic carbocycles. The van der Waals surface area contributed by atoms with Crippen molar-refractivity contribution in [1.82, 2.24) is 0 Å². The van der Waals surface area contributed by atoms with Crippen LogP contribution in [0.3, 0.4) is 0 Å². The summed E-state index contributed by atoms with van der Waals surface area (Å²) in [6.07, 6.45) is 0.715. The van der Waals surface area contributed by atoms with Gasteiger partial charge in [-0.25, -0.2) is 0 Å². The van der Waals surface area contributed by atoms with Crippen molar-refractivity contribution in [1.29, 1.82) is 0 Å². The molecule has 6 heavy (non-hydrogen) atoms. The minimum atomic E-state index is -3.67. The molecule has 0 unspecified atom stereocenters. The molecule has 0 aromatic rings. The summed E-state index contributed by atoms with van der Waals surface area (Å²) in [5.41, 5.74) is 0. The quantitative estimate of drug-likeness (QED) is 0.612. The Hall–Kier alpha value is 0.559. The minimum absolute atomic E-state index is 0. The fraction of sp³-hybridized carbons (Fsp3) is 1.00. The summed E-state index contributed by atoms with van der Waals surface area (Å²) in [5, 5.41) is 0.